The quantitative estimate of drug-likeness (QED) is 0.854. The Kier molecular flexibility index (Phi) is 4.35. The summed E-state index contributed by atoms with van der Waals surface area (Å²) in [5, 5.41) is 0. The highest BCUT2D eigenvalue weighted by Gasteiger charge is 2.37. The fraction of sp³-hybridized carbons (Fsp3) is 0.529. The van der Waals surface area contributed by atoms with Gasteiger partial charge in [-0.25, -0.2) is 0 Å². The van der Waals surface area contributed by atoms with Gasteiger partial charge in [0.1, 0.15) is 6.54 Å². The van der Waals surface area contributed by atoms with Gasteiger partial charge in [0.2, 0.25) is 11.8 Å². The van der Waals surface area contributed by atoms with Gasteiger partial charge in [0, 0.05) is 30.6 Å². The van der Waals surface area contributed by atoms with Gasteiger partial charge >= 0.3 is 0 Å². The van der Waals surface area contributed by atoms with Crippen LogP contribution in [0.1, 0.15) is 39.7 Å². The molecule has 1 heterocycles. The van der Waals surface area contributed by atoms with Gasteiger partial charge in [-0.15, -0.1) is 0 Å². The molecule has 2 amide bonds. The van der Waals surface area contributed by atoms with E-state index < -0.39 is 0 Å². The predicted molar refractivity (Wildman–Crippen MR) is 84.4 cm³/mol. The summed E-state index contributed by atoms with van der Waals surface area (Å²) in [6.45, 7) is 9.54. The number of rotatable bonds is 4. The van der Waals surface area contributed by atoms with E-state index in [-0.39, 0.29) is 23.8 Å². The number of carbonyl (C=O) groups is 2. The molecule has 0 fully saturated rings. The first-order chi connectivity index (χ1) is 9.90. The predicted octanol–water partition coefficient (Wildman–Crippen LogP) is 2.57. The minimum Gasteiger partial charge on any atom is -0.342 e. The molecule has 0 atom stereocenters. The molecule has 0 aliphatic carbocycles. The third-order valence-corrected chi connectivity index (χ3v) is 4.23. The van der Waals surface area contributed by atoms with Crippen molar-refractivity contribution in [2.24, 2.45) is 0 Å². The number of nitrogens with zero attached hydrogens (tertiary/aromatic N) is 2. The molecule has 4 heteroatoms. The maximum absolute atomic E-state index is 12.5. The van der Waals surface area contributed by atoms with Crippen molar-refractivity contribution in [3.05, 3.63) is 29.8 Å². The smallest absolute Gasteiger partial charge is 0.242 e. The first kappa shape index (κ1) is 15.5. The molecule has 1 aromatic rings. The third-order valence-electron chi connectivity index (χ3n) is 4.23. The zero-order chi connectivity index (χ0) is 15.6. The lowest BCUT2D eigenvalue weighted by Crippen LogP contribution is -2.47. The highest BCUT2D eigenvalue weighted by Crippen LogP contribution is 2.39. The van der Waals surface area contributed by atoms with Gasteiger partial charge < -0.3 is 9.80 Å². The summed E-state index contributed by atoms with van der Waals surface area (Å²) in [6, 6.07) is 7.89. The van der Waals surface area contributed by atoms with Gasteiger partial charge in [0.25, 0.3) is 0 Å². The van der Waals surface area contributed by atoms with Gasteiger partial charge in [-0.3, -0.25) is 9.59 Å². The van der Waals surface area contributed by atoms with E-state index in [0.717, 1.165) is 11.3 Å². The summed E-state index contributed by atoms with van der Waals surface area (Å²) >= 11 is 0. The van der Waals surface area contributed by atoms with Crippen molar-refractivity contribution in [3.63, 3.8) is 0 Å². The molecule has 0 N–H and O–H groups in total. The van der Waals surface area contributed by atoms with Crippen LogP contribution in [0.3, 0.4) is 0 Å². The summed E-state index contributed by atoms with van der Waals surface area (Å²) in [5.41, 5.74) is 1.83. The Morgan fingerprint density at radius 3 is 2.48 bits per heavy atom. The maximum Gasteiger partial charge on any atom is 0.242 e. The van der Waals surface area contributed by atoms with Crippen LogP contribution in [0.2, 0.25) is 0 Å². The molecule has 0 unspecified atom stereocenters. The van der Waals surface area contributed by atoms with Gasteiger partial charge in [-0.05, 0) is 25.5 Å². The second-order valence-electron chi connectivity index (χ2n) is 6.12. The summed E-state index contributed by atoms with van der Waals surface area (Å²) in [4.78, 5) is 28.2. The Hall–Kier alpha value is -1.84. The van der Waals surface area contributed by atoms with E-state index in [2.05, 4.69) is 19.9 Å². The Labute approximate surface area is 126 Å². The Morgan fingerprint density at radius 2 is 1.86 bits per heavy atom. The third kappa shape index (κ3) is 2.94. The number of anilines is 1. The van der Waals surface area contributed by atoms with E-state index in [4.69, 9.17) is 0 Å². The fourth-order valence-electron chi connectivity index (χ4n) is 2.97. The molecule has 1 aromatic carbocycles. The van der Waals surface area contributed by atoms with Crippen LogP contribution in [0.25, 0.3) is 0 Å². The average Bonchev–Trinajstić information content (AvgIpc) is 2.44. The molecule has 4 nitrogen and oxygen atoms in total. The van der Waals surface area contributed by atoms with Crippen LogP contribution in [0, 0.1) is 0 Å². The van der Waals surface area contributed by atoms with Crippen LogP contribution < -0.4 is 4.90 Å². The zero-order valence-electron chi connectivity index (χ0n) is 13.3. The molecule has 21 heavy (non-hydrogen) atoms. The zero-order valence-corrected chi connectivity index (χ0v) is 13.3. The van der Waals surface area contributed by atoms with Crippen molar-refractivity contribution < 1.29 is 9.59 Å². The summed E-state index contributed by atoms with van der Waals surface area (Å²) < 4.78 is 0. The lowest BCUT2D eigenvalue weighted by atomic mass is 9.77. The highest BCUT2D eigenvalue weighted by molar-refractivity contribution is 6.02. The second kappa shape index (κ2) is 5.88. The van der Waals surface area contributed by atoms with Crippen LogP contribution in [-0.4, -0.2) is 36.3 Å². The number of hydrogen-bond acceptors (Lipinski definition) is 2. The first-order valence-electron chi connectivity index (χ1n) is 7.58. The Balaban J connectivity index is 2.32. The largest absolute Gasteiger partial charge is 0.342 e. The SMILES string of the molecule is CCN(CC)C(=O)CN1C(=O)CC(C)(C)c2ccccc21. The van der Waals surface area contributed by atoms with Gasteiger partial charge in [-0.1, -0.05) is 32.0 Å². The van der Waals surface area contributed by atoms with Crippen molar-refractivity contribution in [1.29, 1.82) is 0 Å². The van der Waals surface area contributed by atoms with E-state index in [9.17, 15) is 9.59 Å². The van der Waals surface area contributed by atoms with Crippen molar-refractivity contribution >= 4 is 17.5 Å². The number of likely N-dealkylation sites (N-methyl/N-ethyl adjacent to an activating group) is 1. The first-order valence-corrected chi connectivity index (χ1v) is 7.58. The van der Waals surface area contributed by atoms with Crippen LogP contribution in [0.4, 0.5) is 5.69 Å². The molecule has 2 rings (SSSR count). The van der Waals surface area contributed by atoms with E-state index in [1.165, 1.54) is 0 Å². The number of hydrogen-bond donors (Lipinski definition) is 0. The molecule has 0 aromatic heterocycles. The van der Waals surface area contributed by atoms with E-state index in [1.807, 2.05) is 32.0 Å². The Bertz CT molecular complexity index is 547. The molecule has 0 saturated carbocycles. The number of carbonyl (C=O) groups excluding carboxylic acids is 2. The van der Waals surface area contributed by atoms with Gasteiger partial charge in [-0.2, -0.15) is 0 Å². The summed E-state index contributed by atoms with van der Waals surface area (Å²) in [6.07, 6.45) is 0.440. The van der Waals surface area contributed by atoms with E-state index in [1.54, 1.807) is 9.80 Å². The number of para-hydroxylation sites is 1. The lowest BCUT2D eigenvalue weighted by molar-refractivity contribution is -0.131. The summed E-state index contributed by atoms with van der Waals surface area (Å²) in [5.74, 6) is 0.0297. The van der Waals surface area contributed by atoms with Crippen LogP contribution in [-0.2, 0) is 15.0 Å². The average molecular weight is 288 g/mol. The minimum atomic E-state index is -0.178. The number of fused-ring (bicyclic) bond motifs is 1. The number of amides is 2. The monoisotopic (exact) mass is 288 g/mol. The normalized spacial score (nSPS) is 16.6. The topological polar surface area (TPSA) is 40.6 Å². The maximum atomic E-state index is 12.5. The van der Waals surface area contributed by atoms with E-state index in [0.29, 0.717) is 19.5 Å². The molecule has 1 aliphatic rings. The second-order valence-corrected chi connectivity index (χ2v) is 6.12. The molecule has 0 saturated heterocycles. The fourth-order valence-corrected chi connectivity index (χ4v) is 2.97. The van der Waals surface area contributed by atoms with Crippen molar-refractivity contribution in [2.75, 3.05) is 24.5 Å². The van der Waals surface area contributed by atoms with Crippen LogP contribution in [0.5, 0.6) is 0 Å². The summed E-state index contributed by atoms with van der Waals surface area (Å²) in [7, 11) is 0. The van der Waals surface area contributed by atoms with Crippen molar-refractivity contribution in [3.8, 4) is 0 Å². The molecule has 0 spiro atoms. The molecule has 0 radical (unpaired) electrons. The van der Waals surface area contributed by atoms with Crippen molar-refractivity contribution in [1.82, 2.24) is 4.90 Å². The molecular formula is C17H24N2O2. The van der Waals surface area contributed by atoms with E-state index >= 15 is 0 Å². The molecule has 1 aliphatic heterocycles. The van der Waals surface area contributed by atoms with Gasteiger partial charge in [0.15, 0.2) is 0 Å². The highest BCUT2D eigenvalue weighted by atomic mass is 16.2. The molecular weight excluding hydrogens is 264 g/mol. The Morgan fingerprint density at radius 1 is 1.24 bits per heavy atom. The van der Waals surface area contributed by atoms with Crippen LogP contribution in [0.15, 0.2) is 24.3 Å². The van der Waals surface area contributed by atoms with Crippen LogP contribution >= 0.6 is 0 Å². The molecule has 0 bridgehead atoms. The number of benzene rings is 1. The minimum absolute atomic E-state index is 0.00265. The van der Waals surface area contributed by atoms with Crippen molar-refractivity contribution in [2.45, 2.75) is 39.5 Å². The standard InChI is InChI=1S/C17H24N2O2/c1-5-18(6-2)16(21)12-19-14-10-8-7-9-13(14)17(3,4)11-15(19)20/h7-10H,5-6,11-12H2,1-4H3. The van der Waals surface area contributed by atoms with Gasteiger partial charge in [0.05, 0.1) is 0 Å². The lowest BCUT2D eigenvalue weighted by Gasteiger charge is -2.38. The molecule has 114 valence electrons.